The van der Waals surface area contributed by atoms with Gasteiger partial charge in [0, 0.05) is 42.1 Å². The second-order valence-corrected chi connectivity index (χ2v) is 13.1. The smallest absolute Gasteiger partial charge is 0.238 e. The summed E-state index contributed by atoms with van der Waals surface area (Å²) in [6.07, 6.45) is 0. The molecule has 224 valence electrons. The van der Waals surface area contributed by atoms with Gasteiger partial charge >= 0.3 is 0 Å². The standard InChI is InChI=1S/C43H26N4S/c1-2-12-27(13-3-1)30-15-6-7-18-34(30)42-44-41(29-22-24-33-32-17-9-11-21-38(32)48-39(33)26-29)45-43(46-42)47-36-20-10-8-19-35(36)40-31-16-5-4-14-28(31)23-25-37(40)47/h1-26H. The molecule has 0 bridgehead atoms. The van der Waals surface area contributed by atoms with E-state index in [1.54, 1.807) is 11.3 Å². The summed E-state index contributed by atoms with van der Waals surface area (Å²) in [5.41, 5.74) is 6.24. The lowest BCUT2D eigenvalue weighted by Crippen LogP contribution is -2.06. The number of hydrogen-bond acceptors (Lipinski definition) is 4. The summed E-state index contributed by atoms with van der Waals surface area (Å²) in [5, 5.41) is 7.31. The van der Waals surface area contributed by atoms with Crippen LogP contribution in [0.2, 0.25) is 0 Å². The molecule has 3 aromatic heterocycles. The molecule has 0 saturated carbocycles. The molecule has 0 radical (unpaired) electrons. The van der Waals surface area contributed by atoms with Gasteiger partial charge in [-0.3, -0.25) is 4.57 Å². The molecule has 10 rings (SSSR count). The molecule has 4 nitrogen and oxygen atoms in total. The molecule has 0 saturated heterocycles. The van der Waals surface area contributed by atoms with Gasteiger partial charge in [-0.2, -0.15) is 9.97 Å². The number of benzene rings is 7. The highest BCUT2D eigenvalue weighted by atomic mass is 32.1. The number of thiophene rings is 1. The van der Waals surface area contributed by atoms with Crippen molar-refractivity contribution in [1.29, 1.82) is 0 Å². The second-order valence-electron chi connectivity index (χ2n) is 12.0. The Hall–Kier alpha value is -6.17. The van der Waals surface area contributed by atoms with Gasteiger partial charge in [0.15, 0.2) is 11.6 Å². The van der Waals surface area contributed by atoms with Crippen molar-refractivity contribution in [3.63, 3.8) is 0 Å². The second kappa shape index (κ2) is 10.7. The fraction of sp³-hybridized carbons (Fsp3) is 0. The van der Waals surface area contributed by atoms with E-state index in [1.807, 2.05) is 6.07 Å². The summed E-state index contributed by atoms with van der Waals surface area (Å²) < 4.78 is 4.69. The molecule has 3 heterocycles. The maximum atomic E-state index is 5.28. The van der Waals surface area contributed by atoms with Gasteiger partial charge in [-0.1, -0.05) is 133 Å². The first-order chi connectivity index (χ1) is 23.8. The average molecular weight is 631 g/mol. The van der Waals surface area contributed by atoms with Crippen molar-refractivity contribution in [2.24, 2.45) is 0 Å². The van der Waals surface area contributed by atoms with Gasteiger partial charge in [0.05, 0.1) is 11.0 Å². The van der Waals surface area contributed by atoms with Crippen molar-refractivity contribution in [3.05, 3.63) is 158 Å². The molecule has 5 heteroatoms. The highest BCUT2D eigenvalue weighted by molar-refractivity contribution is 7.25. The predicted octanol–water partition coefficient (Wildman–Crippen LogP) is 11.5. The van der Waals surface area contributed by atoms with E-state index in [1.165, 1.54) is 41.7 Å². The minimum atomic E-state index is 0.593. The largest absolute Gasteiger partial charge is 0.278 e. The molecule has 0 amide bonds. The third kappa shape index (κ3) is 4.18. The van der Waals surface area contributed by atoms with Crippen LogP contribution in [0.1, 0.15) is 0 Å². The normalized spacial score (nSPS) is 11.8. The fourth-order valence-corrected chi connectivity index (χ4v) is 8.23. The predicted molar refractivity (Wildman–Crippen MR) is 201 cm³/mol. The zero-order chi connectivity index (χ0) is 31.6. The van der Waals surface area contributed by atoms with E-state index in [0.717, 1.165) is 33.3 Å². The lowest BCUT2D eigenvalue weighted by Gasteiger charge is -2.13. The van der Waals surface area contributed by atoms with Crippen molar-refractivity contribution in [3.8, 4) is 39.9 Å². The van der Waals surface area contributed by atoms with Gasteiger partial charge < -0.3 is 0 Å². The Balaban J connectivity index is 1.28. The highest BCUT2D eigenvalue weighted by Crippen LogP contribution is 2.39. The first-order valence-electron chi connectivity index (χ1n) is 16.0. The minimum absolute atomic E-state index is 0.593. The van der Waals surface area contributed by atoms with Crippen molar-refractivity contribution >= 4 is 64.1 Å². The van der Waals surface area contributed by atoms with Gasteiger partial charge in [-0.05, 0) is 46.2 Å². The number of para-hydroxylation sites is 1. The van der Waals surface area contributed by atoms with Crippen LogP contribution in [0.3, 0.4) is 0 Å². The van der Waals surface area contributed by atoms with Crippen LogP contribution < -0.4 is 0 Å². The average Bonchev–Trinajstić information content (AvgIpc) is 3.71. The third-order valence-electron chi connectivity index (χ3n) is 9.28. The topological polar surface area (TPSA) is 43.6 Å². The first kappa shape index (κ1) is 27.0. The van der Waals surface area contributed by atoms with Crippen LogP contribution in [0.15, 0.2) is 158 Å². The van der Waals surface area contributed by atoms with E-state index in [2.05, 4.69) is 156 Å². The molecule has 0 atom stereocenters. The Morgan fingerprint density at radius 3 is 2.00 bits per heavy atom. The molecular weight excluding hydrogens is 605 g/mol. The quantitative estimate of drug-likeness (QED) is 0.194. The molecule has 0 fully saturated rings. The molecule has 0 aliphatic heterocycles. The van der Waals surface area contributed by atoms with Gasteiger partial charge in [-0.15, -0.1) is 11.3 Å². The van der Waals surface area contributed by atoms with Crippen molar-refractivity contribution in [2.45, 2.75) is 0 Å². The number of fused-ring (bicyclic) bond motifs is 8. The Kier molecular flexibility index (Phi) is 6.01. The van der Waals surface area contributed by atoms with E-state index < -0.39 is 0 Å². The summed E-state index contributed by atoms with van der Waals surface area (Å²) >= 11 is 1.80. The van der Waals surface area contributed by atoms with Crippen molar-refractivity contribution in [1.82, 2.24) is 19.5 Å². The molecule has 0 N–H and O–H groups in total. The summed E-state index contributed by atoms with van der Waals surface area (Å²) in [4.78, 5) is 15.7. The highest BCUT2D eigenvalue weighted by Gasteiger charge is 2.20. The first-order valence-corrected chi connectivity index (χ1v) is 16.9. The Morgan fingerprint density at radius 2 is 1.10 bits per heavy atom. The van der Waals surface area contributed by atoms with Crippen LogP contribution in [0.5, 0.6) is 0 Å². The van der Waals surface area contributed by atoms with Crippen LogP contribution in [0.25, 0.3) is 92.6 Å². The number of nitrogens with zero attached hydrogens (tertiary/aromatic N) is 4. The maximum absolute atomic E-state index is 5.28. The molecule has 0 aliphatic carbocycles. The van der Waals surface area contributed by atoms with Gasteiger partial charge in [0.25, 0.3) is 0 Å². The van der Waals surface area contributed by atoms with Crippen LogP contribution in [-0.4, -0.2) is 19.5 Å². The lowest BCUT2D eigenvalue weighted by molar-refractivity contribution is 0.954. The summed E-state index contributed by atoms with van der Waals surface area (Å²) in [5.74, 6) is 1.87. The molecule has 7 aromatic carbocycles. The summed E-state index contributed by atoms with van der Waals surface area (Å²) in [6.45, 7) is 0. The molecule has 0 spiro atoms. The zero-order valence-electron chi connectivity index (χ0n) is 25.7. The molecule has 10 aromatic rings. The van der Waals surface area contributed by atoms with E-state index in [-0.39, 0.29) is 0 Å². The number of aromatic nitrogens is 4. The maximum Gasteiger partial charge on any atom is 0.238 e. The number of rotatable bonds is 4. The Bertz CT molecular complexity index is 2850. The SMILES string of the molecule is c1ccc(-c2ccccc2-c2nc(-c3ccc4c(c3)sc3ccccc34)nc(-n3c4ccccc4c4c5ccccc5ccc43)n2)cc1. The molecule has 0 unspecified atom stereocenters. The van der Waals surface area contributed by atoms with Crippen LogP contribution in [0, 0.1) is 0 Å². The Labute approximate surface area is 280 Å². The van der Waals surface area contributed by atoms with Crippen molar-refractivity contribution < 1.29 is 0 Å². The van der Waals surface area contributed by atoms with Crippen molar-refractivity contribution in [2.75, 3.05) is 0 Å². The zero-order valence-corrected chi connectivity index (χ0v) is 26.5. The molecule has 0 aliphatic rings. The van der Waals surface area contributed by atoms with E-state index in [0.29, 0.717) is 17.6 Å². The molecular formula is C43H26N4S. The van der Waals surface area contributed by atoms with E-state index in [9.17, 15) is 0 Å². The summed E-state index contributed by atoms with van der Waals surface area (Å²) in [6, 6.07) is 55.5. The third-order valence-corrected chi connectivity index (χ3v) is 10.4. The van der Waals surface area contributed by atoms with Gasteiger partial charge in [0.1, 0.15) is 0 Å². The fourth-order valence-electron chi connectivity index (χ4n) is 7.08. The van der Waals surface area contributed by atoms with Gasteiger partial charge in [-0.25, -0.2) is 4.98 Å². The monoisotopic (exact) mass is 630 g/mol. The van der Waals surface area contributed by atoms with E-state index in [4.69, 9.17) is 15.0 Å². The molecule has 48 heavy (non-hydrogen) atoms. The van der Waals surface area contributed by atoms with Crippen LogP contribution >= 0.6 is 11.3 Å². The van der Waals surface area contributed by atoms with E-state index >= 15 is 0 Å². The van der Waals surface area contributed by atoms with Gasteiger partial charge in [0.2, 0.25) is 5.95 Å². The summed E-state index contributed by atoms with van der Waals surface area (Å²) in [7, 11) is 0. The lowest BCUT2D eigenvalue weighted by atomic mass is 9.99. The number of hydrogen-bond donors (Lipinski definition) is 0. The minimum Gasteiger partial charge on any atom is -0.278 e. The Morgan fingerprint density at radius 1 is 0.417 bits per heavy atom. The van der Waals surface area contributed by atoms with Crippen LogP contribution in [0.4, 0.5) is 0 Å². The van der Waals surface area contributed by atoms with Crippen LogP contribution in [-0.2, 0) is 0 Å².